The van der Waals surface area contributed by atoms with Gasteiger partial charge in [0.25, 0.3) is 0 Å². The van der Waals surface area contributed by atoms with Crippen LogP contribution in [0, 0.1) is 6.92 Å². The topological polar surface area (TPSA) is 88.7 Å². The Bertz CT molecular complexity index is 457. The van der Waals surface area contributed by atoms with E-state index in [9.17, 15) is 4.79 Å². The molecule has 0 fully saturated rings. The summed E-state index contributed by atoms with van der Waals surface area (Å²) in [4.78, 5) is 16.5. The van der Waals surface area contributed by atoms with Gasteiger partial charge in [-0.3, -0.25) is 5.32 Å². The minimum Gasteiger partial charge on any atom is -0.393 e. The first-order valence-corrected chi connectivity index (χ1v) is 6.21. The molecule has 2 amide bonds. The highest BCUT2D eigenvalue weighted by atomic mass is 35.5. The molecule has 6 nitrogen and oxygen atoms in total. The Labute approximate surface area is 116 Å². The predicted molar refractivity (Wildman–Crippen MR) is 76.2 cm³/mol. The molecule has 0 aromatic heterocycles. The fourth-order valence-corrected chi connectivity index (χ4v) is 1.55. The average Bonchev–Trinajstić information content (AvgIpc) is 2.34. The molecular weight excluding hydrogens is 268 g/mol. The van der Waals surface area contributed by atoms with E-state index in [2.05, 4.69) is 15.8 Å². The lowest BCUT2D eigenvalue weighted by molar-refractivity contribution is 0.143. The van der Waals surface area contributed by atoms with E-state index in [0.717, 1.165) is 12.0 Å². The van der Waals surface area contributed by atoms with Crippen LogP contribution in [0.5, 0.6) is 0 Å². The van der Waals surface area contributed by atoms with Gasteiger partial charge in [-0.25, -0.2) is 4.79 Å². The largest absolute Gasteiger partial charge is 0.393 e. The number of rotatable bonds is 4. The van der Waals surface area contributed by atoms with Crippen molar-refractivity contribution in [1.29, 1.82) is 0 Å². The number of halogens is 1. The van der Waals surface area contributed by atoms with Crippen LogP contribution < -0.4 is 16.4 Å². The molecule has 1 aromatic carbocycles. The number of nitrogens with zero attached hydrogens (tertiary/aromatic N) is 1. The van der Waals surface area contributed by atoms with Crippen LogP contribution in [-0.4, -0.2) is 18.6 Å². The van der Waals surface area contributed by atoms with E-state index >= 15 is 0 Å². The Morgan fingerprint density at radius 3 is 2.89 bits per heavy atom. The summed E-state index contributed by atoms with van der Waals surface area (Å²) in [6.07, 6.45) is 0.807. The summed E-state index contributed by atoms with van der Waals surface area (Å²) in [5.41, 5.74) is 6.84. The molecule has 104 valence electrons. The highest BCUT2D eigenvalue weighted by molar-refractivity contribution is 6.34. The number of hydrogen-bond acceptors (Lipinski definition) is 3. The molecule has 0 saturated heterocycles. The molecule has 0 aliphatic heterocycles. The number of anilines is 1. The van der Waals surface area contributed by atoms with Crippen LogP contribution in [0.4, 0.5) is 10.5 Å². The maximum Gasteiger partial charge on any atom is 0.326 e. The summed E-state index contributed by atoms with van der Waals surface area (Å²) in [6, 6.07) is 4.79. The smallest absolute Gasteiger partial charge is 0.326 e. The SMILES string of the molecule is CCCON=C(N)NC(=O)Nc1c(C)cccc1Cl. The zero-order valence-corrected chi connectivity index (χ0v) is 11.6. The van der Waals surface area contributed by atoms with Gasteiger partial charge in [-0.05, 0) is 30.1 Å². The van der Waals surface area contributed by atoms with Gasteiger partial charge >= 0.3 is 6.03 Å². The third kappa shape index (κ3) is 5.05. The monoisotopic (exact) mass is 284 g/mol. The number of nitrogens with one attached hydrogen (secondary N) is 2. The maximum atomic E-state index is 11.7. The zero-order chi connectivity index (χ0) is 14.3. The molecule has 0 saturated carbocycles. The number of nitrogens with two attached hydrogens (primary N) is 1. The minimum atomic E-state index is -0.530. The highest BCUT2D eigenvalue weighted by Gasteiger charge is 2.08. The lowest BCUT2D eigenvalue weighted by Crippen LogP contribution is -2.39. The van der Waals surface area contributed by atoms with Crippen molar-refractivity contribution < 1.29 is 9.63 Å². The molecule has 0 heterocycles. The molecule has 0 unspecified atom stereocenters. The van der Waals surface area contributed by atoms with E-state index in [1.54, 1.807) is 12.1 Å². The Morgan fingerprint density at radius 1 is 1.53 bits per heavy atom. The van der Waals surface area contributed by atoms with Gasteiger partial charge in [-0.2, -0.15) is 0 Å². The molecule has 7 heteroatoms. The first-order chi connectivity index (χ1) is 9.04. The highest BCUT2D eigenvalue weighted by Crippen LogP contribution is 2.24. The molecule has 0 radical (unpaired) electrons. The Kier molecular flexibility index (Phi) is 5.95. The van der Waals surface area contributed by atoms with Crippen molar-refractivity contribution in [1.82, 2.24) is 5.32 Å². The number of urea groups is 1. The van der Waals surface area contributed by atoms with Crippen molar-refractivity contribution in [3.05, 3.63) is 28.8 Å². The predicted octanol–water partition coefficient (Wildman–Crippen LogP) is 2.43. The van der Waals surface area contributed by atoms with Gasteiger partial charge in [0.05, 0.1) is 10.7 Å². The van der Waals surface area contributed by atoms with Gasteiger partial charge in [-0.1, -0.05) is 30.7 Å². The third-order valence-electron chi connectivity index (χ3n) is 2.16. The second-order valence-corrected chi connectivity index (χ2v) is 4.23. The number of para-hydroxylation sites is 1. The standard InChI is InChI=1S/C12H17ClN4O2/c1-3-7-19-17-11(14)16-12(18)15-10-8(2)5-4-6-9(10)13/h4-6H,3,7H2,1-2H3,(H4,14,15,16,17,18). The molecule has 0 atom stereocenters. The second kappa shape index (κ2) is 7.48. The number of amides is 2. The number of guanidine groups is 1. The molecule has 1 rings (SSSR count). The second-order valence-electron chi connectivity index (χ2n) is 3.82. The summed E-state index contributed by atoms with van der Waals surface area (Å²) in [7, 11) is 0. The fraction of sp³-hybridized carbons (Fsp3) is 0.333. The van der Waals surface area contributed by atoms with E-state index in [0.29, 0.717) is 17.3 Å². The van der Waals surface area contributed by atoms with Crippen molar-refractivity contribution in [2.45, 2.75) is 20.3 Å². The van der Waals surface area contributed by atoms with Gasteiger partial charge in [0, 0.05) is 0 Å². The van der Waals surface area contributed by atoms with Gasteiger partial charge < -0.3 is 15.9 Å². The number of carbonyl (C=O) groups excluding carboxylic acids is 1. The molecule has 0 spiro atoms. The normalized spacial score (nSPS) is 11.0. The van der Waals surface area contributed by atoms with E-state index in [-0.39, 0.29) is 5.96 Å². The van der Waals surface area contributed by atoms with E-state index in [1.165, 1.54) is 0 Å². The van der Waals surface area contributed by atoms with Crippen molar-refractivity contribution in [2.75, 3.05) is 11.9 Å². The van der Waals surface area contributed by atoms with Crippen molar-refractivity contribution in [3.63, 3.8) is 0 Å². The number of carbonyl (C=O) groups is 1. The molecule has 4 N–H and O–H groups in total. The number of benzene rings is 1. The van der Waals surface area contributed by atoms with Crippen LogP contribution in [0.25, 0.3) is 0 Å². The maximum absolute atomic E-state index is 11.7. The summed E-state index contributed by atoms with van der Waals surface area (Å²) in [5, 5.41) is 8.92. The van der Waals surface area contributed by atoms with E-state index in [4.69, 9.17) is 22.2 Å². The van der Waals surface area contributed by atoms with Gasteiger partial charge in [0.2, 0.25) is 5.96 Å². The number of hydrogen-bond donors (Lipinski definition) is 3. The van der Waals surface area contributed by atoms with Gasteiger partial charge in [0.1, 0.15) is 6.61 Å². The quantitative estimate of drug-likeness (QED) is 0.343. The van der Waals surface area contributed by atoms with E-state index < -0.39 is 6.03 Å². The van der Waals surface area contributed by atoms with Crippen LogP contribution >= 0.6 is 11.6 Å². The van der Waals surface area contributed by atoms with Crippen molar-refractivity contribution in [3.8, 4) is 0 Å². The van der Waals surface area contributed by atoms with E-state index in [1.807, 2.05) is 19.9 Å². The lowest BCUT2D eigenvalue weighted by atomic mass is 10.2. The molecule has 0 aliphatic carbocycles. The molecule has 0 bridgehead atoms. The summed E-state index contributed by atoms with van der Waals surface area (Å²) >= 11 is 5.98. The van der Waals surface area contributed by atoms with Gasteiger partial charge in [0.15, 0.2) is 0 Å². The lowest BCUT2D eigenvalue weighted by Gasteiger charge is -2.10. The van der Waals surface area contributed by atoms with Crippen LogP contribution in [0.15, 0.2) is 23.4 Å². The zero-order valence-electron chi connectivity index (χ0n) is 10.9. The number of oxime groups is 1. The first kappa shape index (κ1) is 15.1. The molecule has 1 aromatic rings. The first-order valence-electron chi connectivity index (χ1n) is 5.83. The summed E-state index contributed by atoms with van der Waals surface area (Å²) in [5.74, 6) is -0.115. The summed E-state index contributed by atoms with van der Waals surface area (Å²) in [6.45, 7) is 4.21. The third-order valence-corrected chi connectivity index (χ3v) is 2.48. The Hall–Kier alpha value is -1.95. The average molecular weight is 285 g/mol. The van der Waals surface area contributed by atoms with Crippen LogP contribution in [0.2, 0.25) is 5.02 Å². The Morgan fingerprint density at radius 2 is 2.26 bits per heavy atom. The molecule has 0 aliphatic rings. The molecule has 19 heavy (non-hydrogen) atoms. The van der Waals surface area contributed by atoms with Crippen LogP contribution in [0.3, 0.4) is 0 Å². The van der Waals surface area contributed by atoms with Crippen LogP contribution in [-0.2, 0) is 4.84 Å². The van der Waals surface area contributed by atoms with Crippen molar-refractivity contribution >= 4 is 29.3 Å². The molecular formula is C12H17ClN4O2. The van der Waals surface area contributed by atoms with Crippen molar-refractivity contribution in [2.24, 2.45) is 10.9 Å². The number of aryl methyl sites for hydroxylation is 1. The van der Waals surface area contributed by atoms with Crippen LogP contribution in [0.1, 0.15) is 18.9 Å². The fourth-order valence-electron chi connectivity index (χ4n) is 1.28. The Balaban J connectivity index is 2.58. The van der Waals surface area contributed by atoms with Gasteiger partial charge in [-0.15, -0.1) is 0 Å². The minimum absolute atomic E-state index is 0.115. The summed E-state index contributed by atoms with van der Waals surface area (Å²) < 4.78 is 0.